The van der Waals surface area contributed by atoms with Crippen LogP contribution in [0.15, 0.2) is 78.4 Å². The second kappa shape index (κ2) is 10.2. The van der Waals surface area contributed by atoms with Crippen LogP contribution >= 0.6 is 0 Å². The van der Waals surface area contributed by atoms with Gasteiger partial charge in [-0.25, -0.2) is 0 Å². The Morgan fingerprint density at radius 2 is 1.72 bits per heavy atom. The summed E-state index contributed by atoms with van der Waals surface area (Å²) in [7, 11) is 0. The van der Waals surface area contributed by atoms with Crippen molar-refractivity contribution in [3.8, 4) is 17.6 Å². The smallest absolute Gasteiger partial charge is 0.308 e. The number of esters is 1. The van der Waals surface area contributed by atoms with Gasteiger partial charge in [-0.15, -0.1) is 0 Å². The molecule has 0 radical (unpaired) electrons. The number of hydrogen-bond donors (Lipinski definition) is 1. The van der Waals surface area contributed by atoms with Gasteiger partial charge in [-0.2, -0.15) is 5.26 Å². The third-order valence-electron chi connectivity index (χ3n) is 5.57. The number of aliphatic hydroxyl groups is 1. The highest BCUT2D eigenvalue weighted by atomic mass is 16.5. The molecule has 3 aromatic carbocycles. The van der Waals surface area contributed by atoms with Gasteiger partial charge in [-0.05, 0) is 61.0 Å². The molecular formula is C28H22N2O6. The topological polar surface area (TPSA) is 117 Å². The number of hydrogen-bond acceptors (Lipinski definition) is 7. The summed E-state index contributed by atoms with van der Waals surface area (Å²) in [5.74, 6) is -1.89. The fourth-order valence-corrected chi connectivity index (χ4v) is 4.08. The quantitative estimate of drug-likeness (QED) is 0.181. The summed E-state index contributed by atoms with van der Waals surface area (Å²) in [5, 5.41) is 20.4. The van der Waals surface area contributed by atoms with E-state index in [1.807, 2.05) is 13.0 Å². The second-order valence-electron chi connectivity index (χ2n) is 7.95. The van der Waals surface area contributed by atoms with Crippen molar-refractivity contribution >= 4 is 29.1 Å². The van der Waals surface area contributed by atoms with Gasteiger partial charge in [0.1, 0.15) is 17.3 Å². The molecule has 8 nitrogen and oxygen atoms in total. The van der Waals surface area contributed by atoms with Gasteiger partial charge in [0.25, 0.3) is 11.7 Å². The van der Waals surface area contributed by atoms with Crippen LogP contribution < -0.4 is 14.4 Å². The average molecular weight is 482 g/mol. The van der Waals surface area contributed by atoms with Gasteiger partial charge in [0.2, 0.25) is 0 Å². The lowest BCUT2D eigenvalue weighted by Crippen LogP contribution is -2.29. The van der Waals surface area contributed by atoms with Crippen LogP contribution in [0.5, 0.6) is 11.5 Å². The fourth-order valence-electron chi connectivity index (χ4n) is 4.08. The highest BCUT2D eigenvalue weighted by Crippen LogP contribution is 2.43. The summed E-state index contributed by atoms with van der Waals surface area (Å²) in [5.41, 5.74) is 1.37. The van der Waals surface area contributed by atoms with Crippen LogP contribution in [0, 0.1) is 11.3 Å². The van der Waals surface area contributed by atoms with E-state index < -0.39 is 23.7 Å². The molecule has 1 fully saturated rings. The molecule has 8 heteroatoms. The number of rotatable bonds is 6. The maximum Gasteiger partial charge on any atom is 0.308 e. The van der Waals surface area contributed by atoms with Gasteiger partial charge >= 0.3 is 5.97 Å². The van der Waals surface area contributed by atoms with E-state index in [2.05, 4.69) is 0 Å². The SMILES string of the molecule is CCOc1cccc(/C(O)=C2/C(=O)C(=O)N(c3ccc(C#N)cc3)C2c2cccc(OC(C)=O)c2)c1. The van der Waals surface area contributed by atoms with E-state index in [1.165, 1.54) is 24.0 Å². The molecule has 36 heavy (non-hydrogen) atoms. The number of ketones is 1. The molecule has 0 bridgehead atoms. The number of benzene rings is 3. The van der Waals surface area contributed by atoms with Gasteiger partial charge < -0.3 is 14.6 Å². The molecule has 4 rings (SSSR count). The minimum absolute atomic E-state index is 0.127. The first-order valence-corrected chi connectivity index (χ1v) is 11.2. The first-order chi connectivity index (χ1) is 17.3. The van der Waals surface area contributed by atoms with Crippen molar-refractivity contribution in [3.63, 3.8) is 0 Å². The Morgan fingerprint density at radius 3 is 2.39 bits per heavy atom. The predicted octanol–water partition coefficient (Wildman–Crippen LogP) is 4.51. The van der Waals surface area contributed by atoms with Gasteiger partial charge in [0.05, 0.1) is 29.9 Å². The summed E-state index contributed by atoms with van der Waals surface area (Å²) >= 11 is 0. The Morgan fingerprint density at radius 1 is 1.03 bits per heavy atom. The van der Waals surface area contributed by atoms with Gasteiger partial charge in [-0.1, -0.05) is 24.3 Å². The molecule has 1 amide bonds. The maximum absolute atomic E-state index is 13.3. The summed E-state index contributed by atoms with van der Waals surface area (Å²) in [6.45, 7) is 3.50. The lowest BCUT2D eigenvalue weighted by Gasteiger charge is -2.25. The van der Waals surface area contributed by atoms with Crippen molar-refractivity contribution in [2.75, 3.05) is 11.5 Å². The van der Waals surface area contributed by atoms with E-state index in [1.54, 1.807) is 60.7 Å². The van der Waals surface area contributed by atoms with Gasteiger partial charge in [-0.3, -0.25) is 19.3 Å². The maximum atomic E-state index is 13.3. The van der Waals surface area contributed by atoms with E-state index >= 15 is 0 Å². The number of carbonyl (C=O) groups is 3. The lowest BCUT2D eigenvalue weighted by molar-refractivity contribution is -0.132. The van der Waals surface area contributed by atoms with Crippen molar-refractivity contribution < 1.29 is 29.0 Å². The van der Waals surface area contributed by atoms with Gasteiger partial charge in [0.15, 0.2) is 0 Å². The van der Waals surface area contributed by atoms with E-state index in [9.17, 15) is 19.5 Å². The summed E-state index contributed by atoms with van der Waals surface area (Å²) in [6.07, 6.45) is 0. The number of aliphatic hydroxyl groups excluding tert-OH is 1. The molecule has 1 aliphatic heterocycles. The molecule has 0 saturated carbocycles. The predicted molar refractivity (Wildman–Crippen MR) is 131 cm³/mol. The molecule has 1 N–H and O–H groups in total. The Bertz CT molecular complexity index is 1420. The normalized spacial score (nSPS) is 16.5. The summed E-state index contributed by atoms with van der Waals surface area (Å²) in [4.78, 5) is 39.4. The van der Waals surface area contributed by atoms with Crippen LogP contribution in [0.2, 0.25) is 0 Å². The molecule has 180 valence electrons. The molecule has 0 aliphatic carbocycles. The molecule has 0 aromatic heterocycles. The number of nitriles is 1. The Kier molecular flexibility index (Phi) is 6.84. The van der Waals surface area contributed by atoms with Gasteiger partial charge in [0, 0.05) is 18.2 Å². The minimum Gasteiger partial charge on any atom is -0.507 e. The Labute approximate surface area is 207 Å². The number of anilines is 1. The van der Waals surface area contributed by atoms with Crippen LogP contribution in [0.3, 0.4) is 0 Å². The fraction of sp³-hybridized carbons (Fsp3) is 0.143. The second-order valence-corrected chi connectivity index (χ2v) is 7.95. The van der Waals surface area contributed by atoms with Crippen molar-refractivity contribution in [1.82, 2.24) is 0 Å². The van der Waals surface area contributed by atoms with E-state index in [-0.39, 0.29) is 17.1 Å². The van der Waals surface area contributed by atoms with E-state index in [0.717, 1.165) is 0 Å². The number of Topliss-reactive ketones (excluding diaryl/α,β-unsaturated/α-hetero) is 1. The lowest BCUT2D eigenvalue weighted by atomic mass is 9.95. The highest BCUT2D eigenvalue weighted by molar-refractivity contribution is 6.51. The standard InChI is InChI=1S/C28H22N2O6/c1-3-35-22-8-5-7-20(15-22)26(32)24-25(19-6-4-9-23(14-19)36-17(2)31)30(28(34)27(24)33)21-12-10-18(16-29)11-13-21/h4-15,25,32H,3H2,1-2H3/b26-24-. The zero-order valence-corrected chi connectivity index (χ0v) is 19.6. The molecular weight excluding hydrogens is 460 g/mol. The number of nitrogens with zero attached hydrogens (tertiary/aromatic N) is 2. The first kappa shape index (κ1) is 24.2. The molecule has 1 heterocycles. The van der Waals surface area contributed by atoms with Crippen LogP contribution in [-0.2, 0) is 14.4 Å². The number of amides is 1. The van der Waals surface area contributed by atoms with Crippen LogP contribution in [0.1, 0.15) is 36.6 Å². The number of carbonyl (C=O) groups excluding carboxylic acids is 3. The average Bonchev–Trinajstić information content (AvgIpc) is 3.14. The van der Waals surface area contributed by atoms with Crippen molar-refractivity contribution in [2.24, 2.45) is 0 Å². The van der Waals surface area contributed by atoms with Crippen molar-refractivity contribution in [3.05, 3.63) is 95.1 Å². The number of ether oxygens (including phenoxy) is 2. The van der Waals surface area contributed by atoms with Crippen molar-refractivity contribution in [1.29, 1.82) is 5.26 Å². The largest absolute Gasteiger partial charge is 0.507 e. The van der Waals surface area contributed by atoms with Crippen molar-refractivity contribution in [2.45, 2.75) is 19.9 Å². The Hall–Kier alpha value is -4.90. The van der Waals surface area contributed by atoms with E-state index in [4.69, 9.17) is 14.7 Å². The molecule has 3 aromatic rings. The van der Waals surface area contributed by atoms with Crippen LogP contribution in [0.4, 0.5) is 5.69 Å². The van der Waals surface area contributed by atoms with E-state index in [0.29, 0.717) is 34.7 Å². The van der Waals surface area contributed by atoms with Crippen LogP contribution in [-0.4, -0.2) is 29.4 Å². The zero-order chi connectivity index (χ0) is 25.8. The molecule has 1 aliphatic rings. The molecule has 1 saturated heterocycles. The first-order valence-electron chi connectivity index (χ1n) is 11.2. The monoisotopic (exact) mass is 482 g/mol. The zero-order valence-electron chi connectivity index (χ0n) is 19.6. The molecule has 1 atom stereocenters. The highest BCUT2D eigenvalue weighted by Gasteiger charge is 2.47. The Balaban J connectivity index is 1.92. The summed E-state index contributed by atoms with van der Waals surface area (Å²) in [6, 6.07) is 20.2. The third kappa shape index (κ3) is 4.68. The minimum atomic E-state index is -1.02. The molecule has 0 spiro atoms. The molecule has 1 unspecified atom stereocenters. The summed E-state index contributed by atoms with van der Waals surface area (Å²) < 4.78 is 10.7. The van der Waals surface area contributed by atoms with Crippen LogP contribution in [0.25, 0.3) is 5.76 Å². The third-order valence-corrected chi connectivity index (χ3v) is 5.57.